The van der Waals surface area contributed by atoms with Gasteiger partial charge in [0.15, 0.2) is 0 Å². The fourth-order valence-corrected chi connectivity index (χ4v) is 3.16. The third kappa shape index (κ3) is 4.00. The van der Waals surface area contributed by atoms with Gasteiger partial charge >= 0.3 is 0 Å². The number of carbonyl (C=O) groups excluding carboxylic acids is 1. The second-order valence-corrected chi connectivity index (χ2v) is 6.50. The zero-order valence-corrected chi connectivity index (χ0v) is 14.9. The normalized spacial score (nSPS) is 15.8. The van der Waals surface area contributed by atoms with E-state index in [1.165, 1.54) is 5.56 Å². The topological polar surface area (TPSA) is 62.4 Å². The summed E-state index contributed by atoms with van der Waals surface area (Å²) in [6.07, 6.45) is 0. The molecule has 1 heterocycles. The summed E-state index contributed by atoms with van der Waals surface area (Å²) in [6.45, 7) is 5.80. The number of benzene rings is 2. The summed E-state index contributed by atoms with van der Waals surface area (Å²) in [5, 5.41) is 3.07. The minimum absolute atomic E-state index is 0.0537. The lowest BCUT2D eigenvalue weighted by molar-refractivity contribution is 0.0939. The van der Waals surface area contributed by atoms with Gasteiger partial charge < -0.3 is 10.1 Å². The molecule has 1 amide bonds. The van der Waals surface area contributed by atoms with Crippen molar-refractivity contribution in [1.29, 1.82) is 0 Å². The SMILES string of the molecule is COc1cccc([C@@H](C)NC(=O)c2ccc(C3CNNC3)cc2C)c1. The summed E-state index contributed by atoms with van der Waals surface area (Å²) in [7, 11) is 1.64. The number of hydrogen-bond donors (Lipinski definition) is 3. The van der Waals surface area contributed by atoms with Gasteiger partial charge in [0.1, 0.15) is 5.75 Å². The van der Waals surface area contributed by atoms with Crippen LogP contribution in [0.2, 0.25) is 0 Å². The van der Waals surface area contributed by atoms with Gasteiger partial charge in [0, 0.05) is 24.6 Å². The minimum Gasteiger partial charge on any atom is -0.497 e. The van der Waals surface area contributed by atoms with E-state index >= 15 is 0 Å². The third-order valence-corrected chi connectivity index (χ3v) is 4.73. The number of rotatable bonds is 5. The molecule has 25 heavy (non-hydrogen) atoms. The number of methoxy groups -OCH3 is 1. The molecule has 1 atom stereocenters. The van der Waals surface area contributed by atoms with Crippen LogP contribution in [0.4, 0.5) is 0 Å². The summed E-state index contributed by atoms with van der Waals surface area (Å²) >= 11 is 0. The van der Waals surface area contributed by atoms with Crippen LogP contribution in [0.1, 0.15) is 45.9 Å². The van der Waals surface area contributed by atoms with E-state index in [1.807, 2.05) is 44.2 Å². The van der Waals surface area contributed by atoms with Crippen molar-refractivity contribution >= 4 is 5.91 Å². The highest BCUT2D eigenvalue weighted by molar-refractivity contribution is 5.96. The Bertz CT molecular complexity index is 754. The van der Waals surface area contributed by atoms with Crippen LogP contribution in [0.15, 0.2) is 42.5 Å². The van der Waals surface area contributed by atoms with Crippen LogP contribution in [0, 0.1) is 6.92 Å². The fourth-order valence-electron chi connectivity index (χ4n) is 3.16. The van der Waals surface area contributed by atoms with Crippen molar-refractivity contribution in [3.8, 4) is 5.75 Å². The number of nitrogens with one attached hydrogen (secondary N) is 3. The molecule has 0 radical (unpaired) electrons. The average molecular weight is 339 g/mol. The number of carbonyl (C=O) groups is 1. The molecule has 0 aromatic heterocycles. The quantitative estimate of drug-likeness (QED) is 0.784. The van der Waals surface area contributed by atoms with Crippen LogP contribution in [-0.2, 0) is 0 Å². The van der Waals surface area contributed by atoms with Crippen LogP contribution in [0.25, 0.3) is 0 Å². The van der Waals surface area contributed by atoms with Crippen LogP contribution >= 0.6 is 0 Å². The summed E-state index contributed by atoms with van der Waals surface area (Å²) < 4.78 is 5.25. The number of ether oxygens (including phenoxy) is 1. The molecule has 1 aliphatic heterocycles. The van der Waals surface area contributed by atoms with Gasteiger partial charge in [-0.3, -0.25) is 15.6 Å². The van der Waals surface area contributed by atoms with Crippen molar-refractivity contribution in [2.45, 2.75) is 25.8 Å². The van der Waals surface area contributed by atoms with Crippen LogP contribution in [0.5, 0.6) is 5.75 Å². The molecule has 1 saturated heterocycles. The molecular formula is C20H25N3O2. The molecule has 0 saturated carbocycles. The average Bonchev–Trinajstić information content (AvgIpc) is 3.16. The number of hydrogen-bond acceptors (Lipinski definition) is 4. The van der Waals surface area contributed by atoms with Crippen molar-refractivity contribution in [3.63, 3.8) is 0 Å². The molecule has 1 fully saturated rings. The zero-order chi connectivity index (χ0) is 17.8. The van der Waals surface area contributed by atoms with E-state index in [-0.39, 0.29) is 11.9 Å². The molecule has 5 heteroatoms. The Morgan fingerprint density at radius 3 is 2.64 bits per heavy atom. The van der Waals surface area contributed by atoms with Gasteiger partial charge in [-0.2, -0.15) is 0 Å². The first-order valence-electron chi connectivity index (χ1n) is 8.59. The van der Waals surface area contributed by atoms with Crippen molar-refractivity contribution in [2.24, 2.45) is 0 Å². The Balaban J connectivity index is 1.71. The third-order valence-electron chi connectivity index (χ3n) is 4.73. The van der Waals surface area contributed by atoms with Gasteiger partial charge in [-0.25, -0.2) is 0 Å². The Morgan fingerprint density at radius 2 is 1.96 bits per heavy atom. The highest BCUT2D eigenvalue weighted by Crippen LogP contribution is 2.22. The van der Waals surface area contributed by atoms with E-state index < -0.39 is 0 Å². The van der Waals surface area contributed by atoms with Gasteiger partial charge in [0.05, 0.1) is 13.2 Å². The van der Waals surface area contributed by atoms with Gasteiger partial charge in [-0.05, 0) is 48.7 Å². The standard InChI is InChI=1S/C20H25N3O2/c1-13-9-16(17-11-21-22-12-17)7-8-19(13)20(24)23-14(2)15-5-4-6-18(10-15)25-3/h4-10,14,17,21-22H,11-12H2,1-3H3,(H,23,24)/t14-/m1/s1. The molecule has 0 aliphatic carbocycles. The minimum atomic E-state index is -0.0927. The van der Waals surface area contributed by atoms with E-state index in [4.69, 9.17) is 4.74 Å². The Hall–Kier alpha value is -2.37. The van der Waals surface area contributed by atoms with Crippen LogP contribution in [-0.4, -0.2) is 26.1 Å². The van der Waals surface area contributed by atoms with E-state index in [0.29, 0.717) is 5.92 Å². The predicted octanol–water partition coefficient (Wildman–Crippen LogP) is 2.69. The van der Waals surface area contributed by atoms with Gasteiger partial charge in [0.25, 0.3) is 5.91 Å². The number of hydrazine groups is 1. The maximum atomic E-state index is 12.7. The summed E-state index contributed by atoms with van der Waals surface area (Å²) in [6, 6.07) is 13.8. The highest BCUT2D eigenvalue weighted by atomic mass is 16.5. The molecule has 0 bridgehead atoms. The lowest BCUT2D eigenvalue weighted by atomic mass is 9.95. The first-order valence-corrected chi connectivity index (χ1v) is 8.59. The van der Waals surface area contributed by atoms with E-state index in [9.17, 15) is 4.79 Å². The number of aryl methyl sites for hydroxylation is 1. The van der Waals surface area contributed by atoms with Crippen molar-refractivity contribution in [3.05, 3.63) is 64.7 Å². The monoisotopic (exact) mass is 339 g/mol. The lowest BCUT2D eigenvalue weighted by Gasteiger charge is -2.17. The predicted molar refractivity (Wildman–Crippen MR) is 98.8 cm³/mol. The van der Waals surface area contributed by atoms with Crippen molar-refractivity contribution < 1.29 is 9.53 Å². The smallest absolute Gasteiger partial charge is 0.252 e. The molecule has 3 N–H and O–H groups in total. The lowest BCUT2D eigenvalue weighted by Crippen LogP contribution is -2.27. The Morgan fingerprint density at radius 1 is 1.20 bits per heavy atom. The molecule has 2 aromatic rings. The fraction of sp³-hybridized carbons (Fsp3) is 0.350. The maximum absolute atomic E-state index is 12.7. The largest absolute Gasteiger partial charge is 0.497 e. The van der Waals surface area contributed by atoms with Gasteiger partial charge in [0.2, 0.25) is 0 Å². The molecule has 5 nitrogen and oxygen atoms in total. The second-order valence-electron chi connectivity index (χ2n) is 6.50. The number of amides is 1. The molecule has 0 unspecified atom stereocenters. The summed E-state index contributed by atoms with van der Waals surface area (Å²) in [5.41, 5.74) is 10.3. The molecule has 1 aliphatic rings. The Kier molecular flexibility index (Phi) is 5.36. The molecular weight excluding hydrogens is 314 g/mol. The van der Waals surface area contributed by atoms with E-state index in [0.717, 1.165) is 35.5 Å². The zero-order valence-electron chi connectivity index (χ0n) is 14.9. The summed E-state index contributed by atoms with van der Waals surface area (Å²) in [5.74, 6) is 1.19. The molecule has 0 spiro atoms. The maximum Gasteiger partial charge on any atom is 0.252 e. The summed E-state index contributed by atoms with van der Waals surface area (Å²) in [4.78, 5) is 12.7. The first kappa shape index (κ1) is 17.5. The van der Waals surface area contributed by atoms with E-state index in [2.05, 4.69) is 28.3 Å². The van der Waals surface area contributed by atoms with Gasteiger partial charge in [-0.1, -0.05) is 24.3 Å². The Labute approximate surface area is 148 Å². The highest BCUT2D eigenvalue weighted by Gasteiger charge is 2.19. The molecule has 132 valence electrons. The van der Waals surface area contributed by atoms with Crippen molar-refractivity contribution in [1.82, 2.24) is 16.2 Å². The first-order chi connectivity index (χ1) is 12.1. The molecule has 2 aromatic carbocycles. The van der Waals surface area contributed by atoms with Crippen molar-refractivity contribution in [2.75, 3.05) is 20.2 Å². The second kappa shape index (κ2) is 7.68. The van der Waals surface area contributed by atoms with Crippen LogP contribution < -0.4 is 20.9 Å². The van der Waals surface area contributed by atoms with E-state index in [1.54, 1.807) is 7.11 Å². The van der Waals surface area contributed by atoms with Gasteiger partial charge in [-0.15, -0.1) is 0 Å². The molecule has 3 rings (SSSR count). The van der Waals surface area contributed by atoms with Crippen LogP contribution in [0.3, 0.4) is 0 Å².